The van der Waals surface area contributed by atoms with Crippen molar-refractivity contribution in [3.05, 3.63) is 28.2 Å². The van der Waals surface area contributed by atoms with Crippen LogP contribution in [-0.4, -0.2) is 38.2 Å². The number of hydrogen-bond acceptors (Lipinski definition) is 3. The molecule has 0 spiro atoms. The maximum atomic E-state index is 5.97. The Labute approximate surface area is 106 Å². The van der Waals surface area contributed by atoms with Crippen molar-refractivity contribution in [2.24, 2.45) is 5.73 Å². The van der Waals surface area contributed by atoms with Crippen molar-refractivity contribution in [1.82, 2.24) is 4.90 Å². The van der Waals surface area contributed by atoms with Crippen molar-refractivity contribution < 1.29 is 4.74 Å². The number of benzene rings is 1. The standard InChI is InChI=1S/C11H16Cl2N2O/c1-15(2)9(6-14)7-16-11-5-8(12)3-4-10(11)13/h3-5,9H,6-7,14H2,1-2H3. The number of halogens is 2. The van der Waals surface area contributed by atoms with Gasteiger partial charge in [0.2, 0.25) is 0 Å². The average molecular weight is 263 g/mol. The normalized spacial score (nSPS) is 12.9. The predicted octanol–water partition coefficient (Wildman–Crippen LogP) is 2.26. The Hall–Kier alpha value is -0.480. The summed E-state index contributed by atoms with van der Waals surface area (Å²) >= 11 is 11.8. The quantitative estimate of drug-likeness (QED) is 0.885. The first kappa shape index (κ1) is 13.6. The maximum Gasteiger partial charge on any atom is 0.139 e. The summed E-state index contributed by atoms with van der Waals surface area (Å²) in [6.07, 6.45) is 0. The lowest BCUT2D eigenvalue weighted by Crippen LogP contribution is -2.39. The van der Waals surface area contributed by atoms with Crippen LogP contribution < -0.4 is 10.5 Å². The molecule has 0 heterocycles. The van der Waals surface area contributed by atoms with Crippen molar-refractivity contribution in [3.63, 3.8) is 0 Å². The highest BCUT2D eigenvalue weighted by Gasteiger charge is 2.11. The van der Waals surface area contributed by atoms with Gasteiger partial charge in [-0.1, -0.05) is 23.2 Å². The Kier molecular flexibility index (Phi) is 5.35. The molecule has 1 unspecified atom stereocenters. The molecule has 0 aliphatic heterocycles. The minimum absolute atomic E-state index is 0.162. The predicted molar refractivity (Wildman–Crippen MR) is 68.5 cm³/mol. The Balaban J connectivity index is 2.63. The molecule has 0 bridgehead atoms. The molecule has 1 aromatic carbocycles. The van der Waals surface area contributed by atoms with E-state index in [1.165, 1.54) is 0 Å². The molecule has 0 aliphatic carbocycles. The second-order valence-electron chi connectivity index (χ2n) is 3.74. The van der Waals surface area contributed by atoms with Crippen LogP contribution in [0.1, 0.15) is 0 Å². The summed E-state index contributed by atoms with van der Waals surface area (Å²) < 4.78 is 5.59. The third-order valence-corrected chi connectivity index (χ3v) is 2.87. The van der Waals surface area contributed by atoms with E-state index in [9.17, 15) is 0 Å². The van der Waals surface area contributed by atoms with Crippen LogP contribution in [-0.2, 0) is 0 Å². The molecule has 1 aromatic rings. The van der Waals surface area contributed by atoms with Gasteiger partial charge in [0.05, 0.1) is 11.1 Å². The van der Waals surface area contributed by atoms with E-state index >= 15 is 0 Å². The fourth-order valence-electron chi connectivity index (χ4n) is 1.20. The minimum atomic E-state index is 0.162. The number of nitrogens with zero attached hydrogens (tertiary/aromatic N) is 1. The summed E-state index contributed by atoms with van der Waals surface area (Å²) in [5.41, 5.74) is 5.63. The summed E-state index contributed by atoms with van der Waals surface area (Å²) in [7, 11) is 3.92. The molecule has 90 valence electrons. The van der Waals surface area contributed by atoms with Crippen molar-refractivity contribution in [2.45, 2.75) is 6.04 Å². The lowest BCUT2D eigenvalue weighted by molar-refractivity contribution is 0.190. The zero-order valence-electron chi connectivity index (χ0n) is 9.41. The largest absolute Gasteiger partial charge is 0.490 e. The van der Waals surface area contributed by atoms with Crippen LogP contribution in [0.25, 0.3) is 0 Å². The van der Waals surface area contributed by atoms with E-state index in [0.717, 1.165) is 0 Å². The Morgan fingerprint density at radius 3 is 2.62 bits per heavy atom. The van der Waals surface area contributed by atoms with Crippen LogP contribution in [0.15, 0.2) is 18.2 Å². The van der Waals surface area contributed by atoms with Gasteiger partial charge >= 0.3 is 0 Å². The third-order valence-electron chi connectivity index (χ3n) is 2.33. The third kappa shape index (κ3) is 3.83. The first-order valence-electron chi connectivity index (χ1n) is 4.99. The zero-order valence-corrected chi connectivity index (χ0v) is 10.9. The van der Waals surface area contributed by atoms with Crippen molar-refractivity contribution >= 4 is 23.2 Å². The van der Waals surface area contributed by atoms with Gasteiger partial charge < -0.3 is 15.4 Å². The zero-order chi connectivity index (χ0) is 12.1. The van der Waals surface area contributed by atoms with Crippen molar-refractivity contribution in [3.8, 4) is 5.75 Å². The van der Waals surface area contributed by atoms with E-state index in [-0.39, 0.29) is 6.04 Å². The number of nitrogens with two attached hydrogens (primary N) is 1. The molecule has 0 saturated carbocycles. The Morgan fingerprint density at radius 2 is 2.06 bits per heavy atom. The molecule has 1 rings (SSSR count). The van der Waals surface area contributed by atoms with Crippen molar-refractivity contribution in [1.29, 1.82) is 0 Å². The average Bonchev–Trinajstić information content (AvgIpc) is 2.23. The summed E-state index contributed by atoms with van der Waals surface area (Å²) in [4.78, 5) is 2.01. The van der Waals surface area contributed by atoms with Crippen LogP contribution in [0.4, 0.5) is 0 Å². The first-order chi connectivity index (χ1) is 7.54. The molecule has 0 aliphatic rings. The highest BCUT2D eigenvalue weighted by atomic mass is 35.5. The number of hydrogen-bond donors (Lipinski definition) is 1. The molecule has 0 amide bonds. The molecule has 16 heavy (non-hydrogen) atoms. The van der Waals surface area contributed by atoms with Crippen LogP contribution in [0.3, 0.4) is 0 Å². The van der Waals surface area contributed by atoms with E-state index in [2.05, 4.69) is 0 Å². The number of ether oxygens (including phenoxy) is 1. The summed E-state index contributed by atoms with van der Waals surface area (Å²) in [5, 5.41) is 1.16. The maximum absolute atomic E-state index is 5.97. The molecule has 3 nitrogen and oxygen atoms in total. The molecule has 0 saturated heterocycles. The molecular weight excluding hydrogens is 247 g/mol. The topological polar surface area (TPSA) is 38.5 Å². The van der Waals surface area contributed by atoms with Crippen LogP contribution in [0.5, 0.6) is 5.75 Å². The molecule has 2 N–H and O–H groups in total. The van der Waals surface area contributed by atoms with E-state index in [1.54, 1.807) is 18.2 Å². The Morgan fingerprint density at radius 1 is 1.38 bits per heavy atom. The van der Waals surface area contributed by atoms with Gasteiger partial charge in [0.25, 0.3) is 0 Å². The molecule has 0 fully saturated rings. The molecule has 1 atom stereocenters. The number of likely N-dealkylation sites (N-methyl/N-ethyl adjacent to an activating group) is 1. The van der Waals surface area contributed by atoms with E-state index in [1.807, 2.05) is 19.0 Å². The van der Waals surface area contributed by atoms with Crippen LogP contribution in [0.2, 0.25) is 10.0 Å². The van der Waals surface area contributed by atoms with E-state index in [4.69, 9.17) is 33.7 Å². The molecule has 0 aromatic heterocycles. The fourth-order valence-corrected chi connectivity index (χ4v) is 1.54. The van der Waals surface area contributed by atoms with E-state index < -0.39 is 0 Å². The van der Waals surface area contributed by atoms with Gasteiger partial charge in [0.15, 0.2) is 0 Å². The lowest BCUT2D eigenvalue weighted by Gasteiger charge is -2.23. The lowest BCUT2D eigenvalue weighted by atomic mass is 10.3. The van der Waals surface area contributed by atoms with Crippen LogP contribution >= 0.6 is 23.2 Å². The monoisotopic (exact) mass is 262 g/mol. The van der Waals surface area contributed by atoms with Crippen LogP contribution in [0, 0.1) is 0 Å². The summed E-state index contributed by atoms with van der Waals surface area (Å²) in [5.74, 6) is 0.592. The highest BCUT2D eigenvalue weighted by molar-refractivity contribution is 6.34. The summed E-state index contributed by atoms with van der Waals surface area (Å²) in [6.45, 7) is 1.02. The van der Waals surface area contributed by atoms with Gasteiger partial charge in [-0.05, 0) is 26.2 Å². The Bertz CT molecular complexity index is 345. The van der Waals surface area contributed by atoms with Gasteiger partial charge in [-0.2, -0.15) is 0 Å². The number of rotatable bonds is 5. The fraction of sp³-hybridized carbons (Fsp3) is 0.455. The summed E-state index contributed by atoms with van der Waals surface area (Å²) in [6, 6.07) is 5.30. The van der Waals surface area contributed by atoms with Gasteiger partial charge in [-0.3, -0.25) is 0 Å². The second kappa shape index (κ2) is 6.30. The molecular formula is C11H16Cl2N2O. The minimum Gasteiger partial charge on any atom is -0.490 e. The van der Waals surface area contributed by atoms with E-state index in [0.29, 0.717) is 28.9 Å². The highest BCUT2D eigenvalue weighted by Crippen LogP contribution is 2.27. The van der Waals surface area contributed by atoms with Gasteiger partial charge in [0.1, 0.15) is 12.4 Å². The van der Waals surface area contributed by atoms with Gasteiger partial charge in [-0.25, -0.2) is 0 Å². The molecule has 5 heteroatoms. The van der Waals surface area contributed by atoms with Gasteiger partial charge in [-0.15, -0.1) is 0 Å². The molecule has 0 radical (unpaired) electrons. The smallest absolute Gasteiger partial charge is 0.139 e. The second-order valence-corrected chi connectivity index (χ2v) is 4.58. The van der Waals surface area contributed by atoms with Gasteiger partial charge in [0, 0.05) is 17.6 Å². The van der Waals surface area contributed by atoms with Crippen molar-refractivity contribution in [2.75, 3.05) is 27.2 Å². The SMILES string of the molecule is CN(C)C(CN)COc1cc(Cl)ccc1Cl. The first-order valence-corrected chi connectivity index (χ1v) is 5.74.